The fourth-order valence-electron chi connectivity index (χ4n) is 1.31. The molecule has 0 fully saturated rings. The Hall–Kier alpha value is -0.410. The van der Waals surface area contributed by atoms with Gasteiger partial charge in [-0.25, -0.2) is 4.98 Å². The Morgan fingerprint density at radius 2 is 2.31 bits per heavy atom. The van der Waals surface area contributed by atoms with Gasteiger partial charge in [0.15, 0.2) is 0 Å². The molecular formula is C10H17NOS. The van der Waals surface area contributed by atoms with E-state index in [1.165, 1.54) is 0 Å². The van der Waals surface area contributed by atoms with Gasteiger partial charge in [-0.2, -0.15) is 0 Å². The van der Waals surface area contributed by atoms with E-state index in [0.717, 1.165) is 23.5 Å². The minimum atomic E-state index is -0.191. The lowest BCUT2D eigenvalue weighted by Crippen LogP contribution is -2.18. The van der Waals surface area contributed by atoms with Crippen LogP contribution in [0.1, 0.15) is 31.0 Å². The van der Waals surface area contributed by atoms with E-state index < -0.39 is 0 Å². The number of nitrogens with zero attached hydrogens (tertiary/aromatic N) is 1. The first-order chi connectivity index (χ1) is 6.13. The number of thiazole rings is 1. The first-order valence-electron chi connectivity index (χ1n) is 4.72. The maximum Gasteiger partial charge on any atom is 0.0931 e. The Morgan fingerprint density at radius 3 is 2.77 bits per heavy atom. The molecule has 1 aromatic rings. The van der Waals surface area contributed by atoms with Crippen LogP contribution in [0.4, 0.5) is 0 Å². The number of aliphatic hydroxyl groups is 1. The van der Waals surface area contributed by atoms with Gasteiger partial charge < -0.3 is 5.11 Å². The highest BCUT2D eigenvalue weighted by Crippen LogP contribution is 2.17. The second-order valence-electron chi connectivity index (χ2n) is 3.54. The molecule has 0 radical (unpaired) electrons. The normalized spacial score (nSPS) is 15.7. The van der Waals surface area contributed by atoms with Crippen LogP contribution in [-0.2, 0) is 6.42 Å². The molecule has 13 heavy (non-hydrogen) atoms. The van der Waals surface area contributed by atoms with Gasteiger partial charge in [0.05, 0.1) is 11.1 Å². The third kappa shape index (κ3) is 3.08. The summed E-state index contributed by atoms with van der Waals surface area (Å²) in [4.78, 5) is 4.37. The highest BCUT2D eigenvalue weighted by atomic mass is 32.1. The topological polar surface area (TPSA) is 33.1 Å². The molecule has 3 heteroatoms. The van der Waals surface area contributed by atoms with Gasteiger partial charge in [-0.15, -0.1) is 11.3 Å². The number of hydrogen-bond acceptors (Lipinski definition) is 3. The van der Waals surface area contributed by atoms with Crippen molar-refractivity contribution in [1.29, 1.82) is 0 Å². The van der Waals surface area contributed by atoms with Gasteiger partial charge in [-0.3, -0.25) is 0 Å². The van der Waals surface area contributed by atoms with Gasteiger partial charge in [0.1, 0.15) is 0 Å². The first-order valence-corrected chi connectivity index (χ1v) is 5.60. The van der Waals surface area contributed by atoms with Crippen LogP contribution in [0.25, 0.3) is 0 Å². The molecule has 1 heterocycles. The largest absolute Gasteiger partial charge is 0.393 e. The Kier molecular flexibility index (Phi) is 3.88. The summed E-state index contributed by atoms with van der Waals surface area (Å²) in [7, 11) is 0. The molecule has 1 rings (SSSR count). The lowest BCUT2D eigenvalue weighted by molar-refractivity contribution is 0.112. The summed E-state index contributed by atoms with van der Waals surface area (Å²) in [5.41, 5.74) is 1.08. The van der Waals surface area contributed by atoms with Crippen molar-refractivity contribution >= 4 is 11.3 Å². The highest BCUT2D eigenvalue weighted by Gasteiger charge is 2.13. The molecule has 0 saturated heterocycles. The Morgan fingerprint density at radius 1 is 1.62 bits per heavy atom. The van der Waals surface area contributed by atoms with Gasteiger partial charge in [0, 0.05) is 17.5 Å². The zero-order valence-corrected chi connectivity index (χ0v) is 9.27. The Balaban J connectivity index is 2.49. The second-order valence-corrected chi connectivity index (χ2v) is 4.48. The Labute approximate surface area is 83.6 Å². The summed E-state index contributed by atoms with van der Waals surface area (Å²) in [5.74, 6) is 0.315. The van der Waals surface area contributed by atoms with Gasteiger partial charge in [0.25, 0.3) is 0 Å². The summed E-state index contributed by atoms with van der Waals surface area (Å²) in [5, 5.41) is 12.8. The molecule has 0 aliphatic rings. The number of aromatic nitrogens is 1. The minimum absolute atomic E-state index is 0.191. The summed E-state index contributed by atoms with van der Waals surface area (Å²) < 4.78 is 0. The molecule has 2 nitrogen and oxygen atoms in total. The zero-order valence-electron chi connectivity index (χ0n) is 8.45. The van der Waals surface area contributed by atoms with Crippen molar-refractivity contribution in [3.63, 3.8) is 0 Å². The van der Waals surface area contributed by atoms with Gasteiger partial charge >= 0.3 is 0 Å². The SMILES string of the molecule is CCC(O)C(C)Cc1nc(C)cs1. The fraction of sp³-hybridized carbons (Fsp3) is 0.700. The lowest BCUT2D eigenvalue weighted by Gasteiger charge is -2.15. The van der Waals surface area contributed by atoms with Crippen LogP contribution in [-0.4, -0.2) is 16.2 Å². The van der Waals surface area contributed by atoms with Crippen LogP contribution < -0.4 is 0 Å². The van der Waals surface area contributed by atoms with Crippen molar-refractivity contribution in [2.24, 2.45) is 5.92 Å². The molecule has 0 spiro atoms. The molecule has 2 atom stereocenters. The number of hydrogen-bond donors (Lipinski definition) is 1. The molecular weight excluding hydrogens is 182 g/mol. The van der Waals surface area contributed by atoms with Crippen LogP contribution in [0.2, 0.25) is 0 Å². The molecule has 0 saturated carbocycles. The van der Waals surface area contributed by atoms with Crippen molar-refractivity contribution in [3.05, 3.63) is 16.1 Å². The average Bonchev–Trinajstić information content (AvgIpc) is 2.49. The molecule has 2 unspecified atom stereocenters. The standard InChI is InChI=1S/C10H17NOS/c1-4-9(12)7(2)5-10-11-8(3)6-13-10/h6-7,9,12H,4-5H2,1-3H3. The highest BCUT2D eigenvalue weighted by molar-refractivity contribution is 7.09. The lowest BCUT2D eigenvalue weighted by atomic mass is 9.99. The van der Waals surface area contributed by atoms with Gasteiger partial charge in [-0.1, -0.05) is 13.8 Å². The number of aryl methyl sites for hydroxylation is 1. The molecule has 1 aromatic heterocycles. The van der Waals surface area contributed by atoms with E-state index in [2.05, 4.69) is 17.3 Å². The molecule has 0 aliphatic heterocycles. The quantitative estimate of drug-likeness (QED) is 0.807. The van der Waals surface area contributed by atoms with E-state index in [9.17, 15) is 5.11 Å². The number of aliphatic hydroxyl groups excluding tert-OH is 1. The van der Waals surface area contributed by atoms with Crippen LogP contribution in [0.15, 0.2) is 5.38 Å². The van der Waals surface area contributed by atoms with Crippen LogP contribution in [0.3, 0.4) is 0 Å². The smallest absolute Gasteiger partial charge is 0.0931 e. The molecule has 0 bridgehead atoms. The molecule has 74 valence electrons. The fourth-order valence-corrected chi connectivity index (χ4v) is 2.23. The van der Waals surface area contributed by atoms with Crippen LogP contribution in [0, 0.1) is 12.8 Å². The summed E-state index contributed by atoms with van der Waals surface area (Å²) in [6, 6.07) is 0. The second kappa shape index (κ2) is 4.72. The van der Waals surface area contributed by atoms with Crippen molar-refractivity contribution in [3.8, 4) is 0 Å². The molecule has 0 aliphatic carbocycles. The van der Waals surface area contributed by atoms with E-state index in [0.29, 0.717) is 5.92 Å². The predicted octanol–water partition coefficient (Wildman–Crippen LogP) is 2.40. The van der Waals surface area contributed by atoms with Gasteiger partial charge in [0.2, 0.25) is 0 Å². The van der Waals surface area contributed by atoms with Crippen molar-refractivity contribution in [2.45, 2.75) is 39.7 Å². The zero-order chi connectivity index (χ0) is 9.84. The summed E-state index contributed by atoms with van der Waals surface area (Å²) in [6.45, 7) is 6.08. The minimum Gasteiger partial charge on any atom is -0.393 e. The van der Waals surface area contributed by atoms with E-state index in [4.69, 9.17) is 0 Å². The maximum atomic E-state index is 9.57. The molecule has 0 amide bonds. The van der Waals surface area contributed by atoms with E-state index >= 15 is 0 Å². The van der Waals surface area contributed by atoms with E-state index in [1.54, 1.807) is 11.3 Å². The summed E-state index contributed by atoms with van der Waals surface area (Å²) >= 11 is 1.68. The van der Waals surface area contributed by atoms with Gasteiger partial charge in [-0.05, 0) is 19.3 Å². The van der Waals surface area contributed by atoms with E-state index in [1.807, 2.05) is 13.8 Å². The number of rotatable bonds is 4. The molecule has 0 aromatic carbocycles. The Bertz CT molecular complexity index is 259. The third-order valence-corrected chi connectivity index (χ3v) is 3.23. The average molecular weight is 199 g/mol. The van der Waals surface area contributed by atoms with E-state index in [-0.39, 0.29) is 6.10 Å². The van der Waals surface area contributed by atoms with Crippen LogP contribution >= 0.6 is 11.3 Å². The first kappa shape index (κ1) is 10.7. The van der Waals surface area contributed by atoms with Crippen molar-refractivity contribution in [1.82, 2.24) is 4.98 Å². The molecule has 1 N–H and O–H groups in total. The monoisotopic (exact) mass is 199 g/mol. The third-order valence-electron chi connectivity index (χ3n) is 2.24. The predicted molar refractivity (Wildman–Crippen MR) is 56.0 cm³/mol. The van der Waals surface area contributed by atoms with Crippen molar-refractivity contribution < 1.29 is 5.11 Å². The van der Waals surface area contributed by atoms with Crippen LogP contribution in [0.5, 0.6) is 0 Å². The van der Waals surface area contributed by atoms with Crippen molar-refractivity contribution in [2.75, 3.05) is 0 Å². The maximum absolute atomic E-state index is 9.57. The summed E-state index contributed by atoms with van der Waals surface area (Å²) in [6.07, 6.45) is 1.53.